The third-order valence-corrected chi connectivity index (χ3v) is 4.97. The SMILES string of the molecule is COc1ccc(N2C(=O)C(Nc3cc(C)cc(C)c3)=C(c3ccccc3)C2=O)cc1. The second kappa shape index (κ2) is 7.87. The highest BCUT2D eigenvalue weighted by atomic mass is 16.5. The molecule has 3 aromatic rings. The minimum atomic E-state index is -0.386. The van der Waals surface area contributed by atoms with Gasteiger partial charge in [-0.2, -0.15) is 0 Å². The zero-order valence-electron chi connectivity index (χ0n) is 17.1. The van der Waals surface area contributed by atoms with Gasteiger partial charge < -0.3 is 10.1 Å². The van der Waals surface area contributed by atoms with E-state index in [0.717, 1.165) is 16.8 Å². The molecule has 0 saturated heterocycles. The molecule has 150 valence electrons. The highest BCUT2D eigenvalue weighted by Gasteiger charge is 2.40. The molecule has 4 rings (SSSR count). The lowest BCUT2D eigenvalue weighted by Gasteiger charge is -2.16. The average molecular weight is 398 g/mol. The van der Waals surface area contributed by atoms with E-state index in [1.807, 2.05) is 56.3 Å². The Bertz CT molecular complexity index is 1130. The summed E-state index contributed by atoms with van der Waals surface area (Å²) in [7, 11) is 1.57. The number of hydrogen-bond acceptors (Lipinski definition) is 4. The van der Waals surface area contributed by atoms with Gasteiger partial charge in [0, 0.05) is 5.69 Å². The molecule has 0 saturated carbocycles. The Hall–Kier alpha value is -3.86. The summed E-state index contributed by atoms with van der Waals surface area (Å²) in [6.07, 6.45) is 0. The van der Waals surface area contributed by atoms with Crippen LogP contribution in [0.25, 0.3) is 5.57 Å². The molecule has 0 unspecified atom stereocenters. The minimum Gasteiger partial charge on any atom is -0.497 e. The summed E-state index contributed by atoms with van der Waals surface area (Å²) in [6.45, 7) is 3.99. The number of ether oxygens (including phenoxy) is 1. The summed E-state index contributed by atoms with van der Waals surface area (Å²) in [5.74, 6) is -0.0888. The molecule has 0 aromatic heterocycles. The van der Waals surface area contributed by atoms with E-state index in [4.69, 9.17) is 4.74 Å². The molecule has 1 aliphatic heterocycles. The lowest BCUT2D eigenvalue weighted by atomic mass is 10.0. The van der Waals surface area contributed by atoms with Gasteiger partial charge in [-0.3, -0.25) is 9.59 Å². The van der Waals surface area contributed by atoms with E-state index < -0.39 is 0 Å². The predicted molar refractivity (Wildman–Crippen MR) is 118 cm³/mol. The van der Waals surface area contributed by atoms with E-state index in [1.54, 1.807) is 31.4 Å². The maximum absolute atomic E-state index is 13.4. The van der Waals surface area contributed by atoms with E-state index >= 15 is 0 Å². The van der Waals surface area contributed by atoms with Crippen LogP contribution < -0.4 is 15.0 Å². The Morgan fingerprint density at radius 3 is 2.03 bits per heavy atom. The van der Waals surface area contributed by atoms with Crippen molar-refractivity contribution in [1.82, 2.24) is 0 Å². The first-order chi connectivity index (χ1) is 14.5. The van der Waals surface area contributed by atoms with E-state index in [2.05, 4.69) is 11.4 Å². The quantitative estimate of drug-likeness (QED) is 0.633. The third kappa shape index (κ3) is 3.57. The van der Waals surface area contributed by atoms with Gasteiger partial charge in [0.15, 0.2) is 0 Å². The van der Waals surface area contributed by atoms with Gasteiger partial charge in [-0.15, -0.1) is 0 Å². The monoisotopic (exact) mass is 398 g/mol. The zero-order chi connectivity index (χ0) is 21.3. The van der Waals surface area contributed by atoms with Crippen molar-refractivity contribution in [2.24, 2.45) is 0 Å². The lowest BCUT2D eigenvalue weighted by molar-refractivity contribution is -0.120. The van der Waals surface area contributed by atoms with Crippen molar-refractivity contribution in [1.29, 1.82) is 0 Å². The van der Waals surface area contributed by atoms with E-state index in [-0.39, 0.29) is 17.5 Å². The number of benzene rings is 3. The number of aryl methyl sites for hydroxylation is 2. The Morgan fingerprint density at radius 2 is 1.43 bits per heavy atom. The number of imide groups is 1. The van der Waals surface area contributed by atoms with Crippen molar-refractivity contribution in [2.45, 2.75) is 13.8 Å². The average Bonchev–Trinajstić information content (AvgIpc) is 2.97. The summed E-state index contributed by atoms with van der Waals surface area (Å²) < 4.78 is 5.19. The maximum atomic E-state index is 13.4. The molecule has 5 nitrogen and oxygen atoms in total. The van der Waals surface area contributed by atoms with Gasteiger partial charge in [-0.25, -0.2) is 4.90 Å². The van der Waals surface area contributed by atoms with Crippen molar-refractivity contribution in [2.75, 3.05) is 17.3 Å². The molecule has 0 bridgehead atoms. The third-order valence-electron chi connectivity index (χ3n) is 4.97. The summed E-state index contributed by atoms with van der Waals surface area (Å²) in [5.41, 5.74) is 4.73. The van der Waals surface area contributed by atoms with E-state index in [9.17, 15) is 9.59 Å². The molecular formula is C25H22N2O3. The molecule has 0 atom stereocenters. The van der Waals surface area contributed by atoms with Crippen molar-refractivity contribution in [3.8, 4) is 5.75 Å². The van der Waals surface area contributed by atoms with E-state index in [0.29, 0.717) is 22.6 Å². The summed E-state index contributed by atoms with van der Waals surface area (Å²) in [6, 6.07) is 22.1. The molecule has 5 heteroatoms. The van der Waals surface area contributed by atoms with Crippen molar-refractivity contribution >= 4 is 28.8 Å². The van der Waals surface area contributed by atoms with Crippen LogP contribution in [-0.4, -0.2) is 18.9 Å². The van der Waals surface area contributed by atoms with Crippen LogP contribution in [0.5, 0.6) is 5.75 Å². The van der Waals surface area contributed by atoms with Crippen LogP contribution in [0, 0.1) is 13.8 Å². The molecule has 0 spiro atoms. The number of carbonyl (C=O) groups excluding carboxylic acids is 2. The van der Waals surface area contributed by atoms with Gasteiger partial charge in [0.25, 0.3) is 11.8 Å². The van der Waals surface area contributed by atoms with Crippen molar-refractivity contribution in [3.05, 3.63) is 95.2 Å². The smallest absolute Gasteiger partial charge is 0.282 e. The van der Waals surface area contributed by atoms with Crippen LogP contribution in [0.1, 0.15) is 16.7 Å². The summed E-state index contributed by atoms with van der Waals surface area (Å²) >= 11 is 0. The van der Waals surface area contributed by atoms with Gasteiger partial charge >= 0.3 is 0 Å². The van der Waals surface area contributed by atoms with Gasteiger partial charge in [0.2, 0.25) is 0 Å². The van der Waals surface area contributed by atoms with Crippen LogP contribution in [-0.2, 0) is 9.59 Å². The molecule has 30 heavy (non-hydrogen) atoms. The number of hydrogen-bond donors (Lipinski definition) is 1. The number of carbonyl (C=O) groups is 2. The van der Waals surface area contributed by atoms with Crippen molar-refractivity contribution in [3.63, 3.8) is 0 Å². The molecule has 1 heterocycles. The topological polar surface area (TPSA) is 58.6 Å². The molecule has 1 aliphatic rings. The van der Waals surface area contributed by atoms with Crippen LogP contribution in [0.2, 0.25) is 0 Å². The first kappa shape index (κ1) is 19.5. The van der Waals surface area contributed by atoms with Crippen LogP contribution >= 0.6 is 0 Å². The fourth-order valence-electron chi connectivity index (χ4n) is 3.68. The zero-order valence-corrected chi connectivity index (χ0v) is 17.1. The van der Waals surface area contributed by atoms with Crippen LogP contribution in [0.3, 0.4) is 0 Å². The molecule has 0 fully saturated rings. The standard InChI is InChI=1S/C25H22N2O3/c1-16-13-17(2)15-19(14-16)26-23-22(18-7-5-4-6-8-18)24(28)27(25(23)29)20-9-11-21(30-3)12-10-20/h4-15,26H,1-3H3. The molecule has 3 aromatic carbocycles. The Labute approximate surface area is 175 Å². The first-order valence-corrected chi connectivity index (χ1v) is 9.66. The Balaban J connectivity index is 1.80. The highest BCUT2D eigenvalue weighted by molar-refractivity contribution is 6.46. The highest BCUT2D eigenvalue weighted by Crippen LogP contribution is 2.34. The van der Waals surface area contributed by atoms with Crippen LogP contribution in [0.4, 0.5) is 11.4 Å². The summed E-state index contributed by atoms with van der Waals surface area (Å²) in [5, 5.41) is 3.22. The maximum Gasteiger partial charge on any atom is 0.282 e. The fraction of sp³-hybridized carbons (Fsp3) is 0.120. The summed E-state index contributed by atoms with van der Waals surface area (Å²) in [4.78, 5) is 28.0. The lowest BCUT2D eigenvalue weighted by Crippen LogP contribution is -2.32. The van der Waals surface area contributed by atoms with Gasteiger partial charge in [-0.05, 0) is 66.9 Å². The first-order valence-electron chi connectivity index (χ1n) is 9.66. The Morgan fingerprint density at radius 1 is 0.800 bits per heavy atom. The molecule has 2 amide bonds. The van der Waals surface area contributed by atoms with Crippen molar-refractivity contribution < 1.29 is 14.3 Å². The normalized spacial score (nSPS) is 13.8. The molecule has 0 radical (unpaired) electrons. The second-order valence-electron chi connectivity index (χ2n) is 7.26. The number of anilines is 2. The van der Waals surface area contributed by atoms with Crippen LogP contribution in [0.15, 0.2) is 78.5 Å². The predicted octanol–water partition coefficient (Wildman–Crippen LogP) is 4.71. The largest absolute Gasteiger partial charge is 0.497 e. The molecular weight excluding hydrogens is 376 g/mol. The number of nitrogens with one attached hydrogen (secondary N) is 1. The molecule has 1 N–H and O–H groups in total. The Kier molecular flexibility index (Phi) is 5.11. The minimum absolute atomic E-state index is 0.270. The number of nitrogens with zero attached hydrogens (tertiary/aromatic N) is 1. The second-order valence-corrected chi connectivity index (χ2v) is 7.26. The van der Waals surface area contributed by atoms with E-state index in [1.165, 1.54) is 4.90 Å². The van der Waals surface area contributed by atoms with Gasteiger partial charge in [0.05, 0.1) is 18.4 Å². The number of amides is 2. The van der Waals surface area contributed by atoms with Gasteiger partial charge in [0.1, 0.15) is 11.4 Å². The van der Waals surface area contributed by atoms with Gasteiger partial charge in [-0.1, -0.05) is 36.4 Å². The number of methoxy groups -OCH3 is 1. The fourth-order valence-corrected chi connectivity index (χ4v) is 3.68. The number of rotatable bonds is 5. The molecule has 0 aliphatic carbocycles.